The van der Waals surface area contributed by atoms with Crippen molar-refractivity contribution in [2.75, 3.05) is 19.9 Å². The molecular formula is C18H35NO5S. The van der Waals surface area contributed by atoms with Gasteiger partial charge >= 0.3 is 5.97 Å². The minimum absolute atomic E-state index is 0.0712. The largest absolute Gasteiger partial charge is 0.463 e. The SMILES string of the molecule is CC(C)C(=O)NCCOC(=O)C(C)(S)CC(C)(C)OCOC(C)(C)C. The minimum atomic E-state index is -1.01. The van der Waals surface area contributed by atoms with Gasteiger partial charge < -0.3 is 19.5 Å². The lowest BCUT2D eigenvalue weighted by atomic mass is 9.94. The Kier molecular flexibility index (Phi) is 9.47. The standard InChI is InChI=1S/C18H35NO5S/c1-13(2)14(20)19-9-10-22-15(21)18(8,25)11-17(6,7)24-12-23-16(3,4)5/h13,25H,9-12H2,1-8H3,(H,19,20). The van der Waals surface area contributed by atoms with Crippen LogP contribution in [0.2, 0.25) is 0 Å². The number of esters is 1. The van der Waals surface area contributed by atoms with Gasteiger partial charge in [-0.2, -0.15) is 12.6 Å². The fourth-order valence-electron chi connectivity index (χ4n) is 2.00. The Labute approximate surface area is 157 Å². The lowest BCUT2D eigenvalue weighted by Crippen LogP contribution is -2.42. The van der Waals surface area contributed by atoms with E-state index < -0.39 is 16.3 Å². The summed E-state index contributed by atoms with van der Waals surface area (Å²) >= 11 is 4.45. The van der Waals surface area contributed by atoms with Crippen molar-refractivity contribution in [2.24, 2.45) is 5.92 Å². The van der Waals surface area contributed by atoms with Crippen LogP contribution in [0.1, 0.15) is 61.8 Å². The topological polar surface area (TPSA) is 73.9 Å². The van der Waals surface area contributed by atoms with E-state index in [1.54, 1.807) is 20.8 Å². The van der Waals surface area contributed by atoms with Gasteiger partial charge in [0.1, 0.15) is 18.1 Å². The number of hydrogen-bond acceptors (Lipinski definition) is 6. The van der Waals surface area contributed by atoms with Crippen LogP contribution in [-0.2, 0) is 23.8 Å². The van der Waals surface area contributed by atoms with Crippen LogP contribution in [-0.4, -0.2) is 47.8 Å². The molecule has 1 unspecified atom stereocenters. The van der Waals surface area contributed by atoms with Crippen molar-refractivity contribution in [1.82, 2.24) is 5.32 Å². The lowest BCUT2D eigenvalue weighted by molar-refractivity contribution is -0.176. The van der Waals surface area contributed by atoms with Crippen LogP contribution in [0.25, 0.3) is 0 Å². The van der Waals surface area contributed by atoms with Crippen LogP contribution in [0, 0.1) is 5.92 Å². The van der Waals surface area contributed by atoms with Crippen LogP contribution in [0.15, 0.2) is 0 Å². The summed E-state index contributed by atoms with van der Waals surface area (Å²) in [6.07, 6.45) is 0.355. The monoisotopic (exact) mass is 377 g/mol. The third kappa shape index (κ3) is 11.4. The zero-order valence-corrected chi connectivity index (χ0v) is 17.8. The van der Waals surface area contributed by atoms with E-state index in [0.29, 0.717) is 6.42 Å². The third-order valence-corrected chi connectivity index (χ3v) is 3.65. The summed E-state index contributed by atoms with van der Waals surface area (Å²) in [5, 5.41) is 2.70. The summed E-state index contributed by atoms with van der Waals surface area (Å²) in [4.78, 5) is 23.7. The summed E-state index contributed by atoms with van der Waals surface area (Å²) in [7, 11) is 0. The first-order valence-corrected chi connectivity index (χ1v) is 9.06. The second-order valence-electron chi connectivity index (χ2n) is 8.31. The average molecular weight is 378 g/mol. The molecule has 0 heterocycles. The van der Waals surface area contributed by atoms with Gasteiger partial charge in [0.2, 0.25) is 5.91 Å². The van der Waals surface area contributed by atoms with E-state index in [0.717, 1.165) is 0 Å². The van der Waals surface area contributed by atoms with Gasteiger partial charge in [-0.3, -0.25) is 9.59 Å². The van der Waals surface area contributed by atoms with Crippen LogP contribution < -0.4 is 5.32 Å². The average Bonchev–Trinajstić information content (AvgIpc) is 2.39. The molecule has 25 heavy (non-hydrogen) atoms. The number of hydrogen-bond donors (Lipinski definition) is 2. The number of rotatable bonds is 10. The van der Waals surface area contributed by atoms with Crippen molar-refractivity contribution in [1.29, 1.82) is 0 Å². The summed E-state index contributed by atoms with van der Waals surface area (Å²) in [6, 6.07) is 0. The molecule has 0 radical (unpaired) electrons. The fraction of sp³-hybridized carbons (Fsp3) is 0.889. The first-order valence-electron chi connectivity index (χ1n) is 8.61. The first kappa shape index (κ1) is 24.2. The van der Waals surface area contributed by atoms with Crippen molar-refractivity contribution in [3.8, 4) is 0 Å². The Morgan fingerprint density at radius 3 is 2.08 bits per heavy atom. The van der Waals surface area contributed by atoms with Gasteiger partial charge in [0.25, 0.3) is 0 Å². The quantitative estimate of drug-likeness (QED) is 0.265. The molecule has 0 aliphatic carbocycles. The molecule has 0 aromatic heterocycles. The molecule has 148 valence electrons. The van der Waals surface area contributed by atoms with Gasteiger partial charge in [0.05, 0.1) is 17.7 Å². The number of ether oxygens (including phenoxy) is 3. The van der Waals surface area contributed by atoms with E-state index in [-0.39, 0.29) is 37.4 Å². The van der Waals surface area contributed by atoms with E-state index in [2.05, 4.69) is 17.9 Å². The van der Waals surface area contributed by atoms with Crippen molar-refractivity contribution < 1.29 is 23.8 Å². The molecule has 0 aromatic rings. The fourth-order valence-corrected chi connectivity index (χ4v) is 2.44. The predicted molar refractivity (Wildman–Crippen MR) is 102 cm³/mol. The normalized spacial score (nSPS) is 15.0. The first-order chi connectivity index (χ1) is 11.2. The van der Waals surface area contributed by atoms with E-state index in [4.69, 9.17) is 14.2 Å². The molecule has 0 aliphatic rings. The molecule has 0 fully saturated rings. The molecule has 7 heteroatoms. The van der Waals surface area contributed by atoms with E-state index >= 15 is 0 Å². The Bertz CT molecular complexity index is 441. The number of nitrogens with one attached hydrogen (secondary N) is 1. The maximum atomic E-state index is 12.3. The number of carbonyl (C=O) groups is 2. The predicted octanol–water partition coefficient (Wildman–Crippen LogP) is 2.95. The molecule has 6 nitrogen and oxygen atoms in total. The van der Waals surface area contributed by atoms with Crippen molar-refractivity contribution in [3.63, 3.8) is 0 Å². The Balaban J connectivity index is 4.34. The highest BCUT2D eigenvalue weighted by atomic mass is 32.1. The molecular weight excluding hydrogens is 342 g/mol. The van der Waals surface area contributed by atoms with E-state index in [9.17, 15) is 9.59 Å². The van der Waals surface area contributed by atoms with Crippen molar-refractivity contribution >= 4 is 24.5 Å². The van der Waals surface area contributed by atoms with Crippen LogP contribution in [0.5, 0.6) is 0 Å². The molecule has 0 rings (SSSR count). The van der Waals surface area contributed by atoms with E-state index in [1.165, 1.54) is 0 Å². The molecule has 0 aliphatic heterocycles. The van der Waals surface area contributed by atoms with Gasteiger partial charge in [-0.1, -0.05) is 13.8 Å². The second kappa shape index (κ2) is 9.78. The van der Waals surface area contributed by atoms with E-state index in [1.807, 2.05) is 34.6 Å². The molecule has 1 atom stereocenters. The smallest absolute Gasteiger partial charge is 0.321 e. The highest BCUT2D eigenvalue weighted by Crippen LogP contribution is 2.30. The number of carbonyl (C=O) groups excluding carboxylic acids is 2. The second-order valence-corrected chi connectivity index (χ2v) is 9.30. The minimum Gasteiger partial charge on any atom is -0.463 e. The number of thiol groups is 1. The van der Waals surface area contributed by atoms with Crippen LogP contribution in [0.4, 0.5) is 0 Å². The Hall–Kier alpha value is -0.790. The van der Waals surface area contributed by atoms with Crippen LogP contribution in [0.3, 0.4) is 0 Å². The number of amides is 1. The zero-order valence-electron chi connectivity index (χ0n) is 16.9. The summed E-state index contributed by atoms with van der Waals surface area (Å²) in [5.74, 6) is -0.611. The maximum Gasteiger partial charge on any atom is 0.321 e. The molecule has 0 saturated heterocycles. The van der Waals surface area contributed by atoms with Crippen molar-refractivity contribution in [2.45, 2.75) is 77.8 Å². The highest BCUT2D eigenvalue weighted by Gasteiger charge is 2.38. The van der Waals surface area contributed by atoms with Gasteiger partial charge in [-0.15, -0.1) is 0 Å². The molecule has 0 aromatic carbocycles. The summed E-state index contributed by atoms with van der Waals surface area (Å²) in [5.41, 5.74) is -0.897. The maximum absolute atomic E-state index is 12.3. The molecule has 1 amide bonds. The third-order valence-electron chi connectivity index (χ3n) is 3.31. The summed E-state index contributed by atoms with van der Waals surface area (Å²) in [6.45, 7) is 15.4. The Morgan fingerprint density at radius 1 is 1.04 bits per heavy atom. The Morgan fingerprint density at radius 2 is 1.60 bits per heavy atom. The van der Waals surface area contributed by atoms with Crippen LogP contribution >= 0.6 is 12.6 Å². The molecule has 0 spiro atoms. The van der Waals surface area contributed by atoms with Gasteiger partial charge in [0.15, 0.2) is 0 Å². The molecule has 0 bridgehead atoms. The van der Waals surface area contributed by atoms with Crippen molar-refractivity contribution in [3.05, 3.63) is 0 Å². The van der Waals surface area contributed by atoms with Gasteiger partial charge in [-0.05, 0) is 41.5 Å². The molecule has 0 saturated carbocycles. The lowest BCUT2D eigenvalue weighted by Gasteiger charge is -2.33. The highest BCUT2D eigenvalue weighted by molar-refractivity contribution is 7.82. The molecule has 1 N–H and O–H groups in total. The summed E-state index contributed by atoms with van der Waals surface area (Å²) < 4.78 is 15.5. The zero-order chi connectivity index (χ0) is 19.9. The van der Waals surface area contributed by atoms with Gasteiger partial charge in [0, 0.05) is 12.3 Å². The van der Waals surface area contributed by atoms with Gasteiger partial charge in [-0.25, -0.2) is 0 Å².